The minimum atomic E-state index is -0.238. The summed E-state index contributed by atoms with van der Waals surface area (Å²) in [7, 11) is 1.83. The highest BCUT2D eigenvalue weighted by Crippen LogP contribution is 2.58. The fourth-order valence-corrected chi connectivity index (χ4v) is 3.95. The molecule has 22 heavy (non-hydrogen) atoms. The zero-order valence-corrected chi connectivity index (χ0v) is 14.6. The fourth-order valence-electron chi connectivity index (χ4n) is 3.95. The molecule has 1 heterocycles. The monoisotopic (exact) mass is 303 g/mol. The van der Waals surface area contributed by atoms with Gasteiger partial charge in [0.1, 0.15) is 5.60 Å². The molecule has 0 bridgehead atoms. The maximum atomic E-state index is 6.13. The molecule has 1 aliphatic heterocycles. The quantitative estimate of drug-likeness (QED) is 0.775. The number of nitrogens with zero attached hydrogens (tertiary/aromatic N) is 1. The van der Waals surface area contributed by atoms with Crippen molar-refractivity contribution in [3.8, 4) is 0 Å². The first-order chi connectivity index (χ1) is 10.3. The van der Waals surface area contributed by atoms with E-state index in [2.05, 4.69) is 63.1 Å². The maximum absolute atomic E-state index is 6.13. The summed E-state index contributed by atoms with van der Waals surface area (Å²) in [6.45, 7) is 10.1. The third kappa shape index (κ3) is 2.60. The topological polar surface area (TPSA) is 24.8 Å². The molecule has 4 atom stereocenters. The van der Waals surface area contributed by atoms with Gasteiger partial charge < -0.3 is 4.74 Å². The van der Waals surface area contributed by atoms with Crippen LogP contribution in [0.3, 0.4) is 0 Å². The number of hydroxylamine groups is 2. The lowest BCUT2D eigenvalue weighted by Crippen LogP contribution is -2.53. The predicted octanol–water partition coefficient (Wildman–Crippen LogP) is 4.38. The second-order valence-electron chi connectivity index (χ2n) is 8.14. The molecule has 1 unspecified atom stereocenters. The SMILES string of the molecule is CO[C@]1(C)C[C@@H](C(C)(C)C)CC[C@]12ON2Cc1ccccc1. The van der Waals surface area contributed by atoms with Crippen LogP contribution in [0.25, 0.3) is 0 Å². The minimum Gasteiger partial charge on any atom is -0.374 e. The molecule has 0 aromatic heterocycles. The third-order valence-electron chi connectivity index (χ3n) is 5.77. The Labute approximate surface area is 134 Å². The largest absolute Gasteiger partial charge is 0.374 e. The second-order valence-corrected chi connectivity index (χ2v) is 8.14. The normalized spacial score (nSPS) is 38.2. The Kier molecular flexibility index (Phi) is 3.87. The number of methoxy groups -OCH3 is 1. The van der Waals surface area contributed by atoms with E-state index >= 15 is 0 Å². The van der Waals surface area contributed by atoms with Crippen LogP contribution in [0.15, 0.2) is 30.3 Å². The molecule has 1 aromatic carbocycles. The van der Waals surface area contributed by atoms with Crippen LogP contribution in [0.2, 0.25) is 0 Å². The standard InChI is InChI=1S/C19H29NO2/c1-17(2,3)16-11-12-19(18(4,13-16)21-5)20(22-19)14-15-9-7-6-8-10-15/h6-10,16H,11-14H2,1-5H3/t16-,18+,19-,20?/m0/s1. The van der Waals surface area contributed by atoms with Crippen molar-refractivity contribution in [2.24, 2.45) is 11.3 Å². The molecule has 2 aliphatic rings. The van der Waals surface area contributed by atoms with Crippen LogP contribution in [0, 0.1) is 11.3 Å². The molecule has 1 aromatic rings. The first kappa shape index (κ1) is 16.0. The highest BCUT2D eigenvalue weighted by molar-refractivity contribution is 5.17. The van der Waals surface area contributed by atoms with Crippen LogP contribution >= 0.6 is 0 Å². The molecule has 1 spiro atoms. The Morgan fingerprint density at radius 1 is 1.27 bits per heavy atom. The summed E-state index contributed by atoms with van der Waals surface area (Å²) in [5.41, 5.74) is 1.13. The molecule has 0 radical (unpaired) electrons. The molecule has 3 nitrogen and oxygen atoms in total. The van der Waals surface area contributed by atoms with Crippen molar-refractivity contribution in [2.75, 3.05) is 7.11 Å². The molecule has 3 heteroatoms. The molecular formula is C19H29NO2. The molecule has 2 fully saturated rings. The van der Waals surface area contributed by atoms with Crippen LogP contribution in [-0.4, -0.2) is 23.5 Å². The van der Waals surface area contributed by atoms with Crippen molar-refractivity contribution in [1.29, 1.82) is 0 Å². The molecule has 0 N–H and O–H groups in total. The van der Waals surface area contributed by atoms with E-state index in [1.165, 1.54) is 12.0 Å². The van der Waals surface area contributed by atoms with Gasteiger partial charge in [0.15, 0.2) is 5.72 Å². The van der Waals surface area contributed by atoms with E-state index in [0.29, 0.717) is 11.3 Å². The number of ether oxygens (including phenoxy) is 1. The van der Waals surface area contributed by atoms with Gasteiger partial charge in [0, 0.05) is 7.11 Å². The van der Waals surface area contributed by atoms with Gasteiger partial charge in [-0.3, -0.25) is 4.84 Å². The smallest absolute Gasteiger partial charge is 0.193 e. The summed E-state index contributed by atoms with van der Waals surface area (Å²) in [5.74, 6) is 0.672. The van der Waals surface area contributed by atoms with Crippen molar-refractivity contribution >= 4 is 0 Å². The highest BCUT2D eigenvalue weighted by atomic mass is 16.9. The number of hydrogen-bond donors (Lipinski definition) is 0. The van der Waals surface area contributed by atoms with Crippen molar-refractivity contribution in [2.45, 2.75) is 64.8 Å². The van der Waals surface area contributed by atoms with Gasteiger partial charge in [-0.25, -0.2) is 0 Å². The molecular weight excluding hydrogens is 274 g/mol. The van der Waals surface area contributed by atoms with Gasteiger partial charge in [0.25, 0.3) is 0 Å². The third-order valence-corrected chi connectivity index (χ3v) is 5.77. The summed E-state index contributed by atoms with van der Waals surface area (Å²) in [4.78, 5) is 6.13. The Bertz CT molecular complexity index is 524. The number of rotatable bonds is 3. The first-order valence-electron chi connectivity index (χ1n) is 8.37. The fraction of sp³-hybridized carbons (Fsp3) is 0.684. The van der Waals surface area contributed by atoms with Gasteiger partial charge in [-0.05, 0) is 43.1 Å². The Morgan fingerprint density at radius 2 is 1.95 bits per heavy atom. The first-order valence-corrected chi connectivity index (χ1v) is 8.37. The average molecular weight is 303 g/mol. The van der Waals surface area contributed by atoms with Gasteiger partial charge in [0.2, 0.25) is 0 Å². The number of benzene rings is 1. The van der Waals surface area contributed by atoms with Gasteiger partial charge >= 0.3 is 0 Å². The second kappa shape index (κ2) is 5.33. The lowest BCUT2D eigenvalue weighted by Gasteiger charge is -2.45. The molecule has 0 amide bonds. The zero-order chi connectivity index (χ0) is 16.0. The van der Waals surface area contributed by atoms with E-state index in [0.717, 1.165) is 19.4 Å². The van der Waals surface area contributed by atoms with Crippen LogP contribution in [0.5, 0.6) is 0 Å². The van der Waals surface area contributed by atoms with Crippen molar-refractivity contribution in [3.05, 3.63) is 35.9 Å². The van der Waals surface area contributed by atoms with E-state index in [-0.39, 0.29) is 11.3 Å². The van der Waals surface area contributed by atoms with Gasteiger partial charge in [-0.1, -0.05) is 51.1 Å². The van der Waals surface area contributed by atoms with Crippen molar-refractivity contribution in [1.82, 2.24) is 5.06 Å². The lowest BCUT2D eigenvalue weighted by atomic mass is 9.65. The Balaban J connectivity index is 1.75. The molecule has 122 valence electrons. The molecule has 1 saturated heterocycles. The molecule has 1 saturated carbocycles. The van der Waals surface area contributed by atoms with Crippen LogP contribution in [0.1, 0.15) is 52.5 Å². The van der Waals surface area contributed by atoms with Crippen LogP contribution in [0.4, 0.5) is 0 Å². The van der Waals surface area contributed by atoms with E-state index in [1.807, 2.05) is 7.11 Å². The Morgan fingerprint density at radius 3 is 2.55 bits per heavy atom. The van der Waals surface area contributed by atoms with Gasteiger partial charge in [-0.2, -0.15) is 0 Å². The lowest BCUT2D eigenvalue weighted by molar-refractivity contribution is -0.113. The van der Waals surface area contributed by atoms with Crippen LogP contribution in [-0.2, 0) is 16.1 Å². The van der Waals surface area contributed by atoms with Crippen molar-refractivity contribution < 1.29 is 9.57 Å². The van der Waals surface area contributed by atoms with Gasteiger partial charge in [0.05, 0.1) is 6.54 Å². The average Bonchev–Trinajstić information content (AvgIpc) is 3.16. The summed E-state index contributed by atoms with van der Waals surface area (Å²) in [6, 6.07) is 10.5. The maximum Gasteiger partial charge on any atom is 0.193 e. The van der Waals surface area contributed by atoms with Crippen molar-refractivity contribution in [3.63, 3.8) is 0 Å². The van der Waals surface area contributed by atoms with E-state index in [9.17, 15) is 0 Å². The molecule has 3 rings (SSSR count). The Hall–Kier alpha value is -0.900. The summed E-state index contributed by atoms with van der Waals surface area (Å²) < 4.78 is 5.98. The zero-order valence-electron chi connectivity index (χ0n) is 14.6. The highest BCUT2D eigenvalue weighted by Gasteiger charge is 2.69. The minimum absolute atomic E-state index is 0.237. The van der Waals surface area contributed by atoms with E-state index in [1.54, 1.807) is 0 Å². The van der Waals surface area contributed by atoms with Crippen LogP contribution < -0.4 is 0 Å². The molecule has 1 aliphatic carbocycles. The van der Waals surface area contributed by atoms with Gasteiger partial charge in [-0.15, -0.1) is 5.06 Å². The predicted molar refractivity (Wildman–Crippen MR) is 88.0 cm³/mol. The summed E-state index contributed by atoms with van der Waals surface area (Å²) in [6.07, 6.45) is 3.30. The number of hydrogen-bond acceptors (Lipinski definition) is 3. The summed E-state index contributed by atoms with van der Waals surface area (Å²) in [5, 5.41) is 2.13. The van der Waals surface area contributed by atoms with E-state index in [4.69, 9.17) is 9.57 Å². The van der Waals surface area contributed by atoms with E-state index < -0.39 is 0 Å². The summed E-state index contributed by atoms with van der Waals surface area (Å²) >= 11 is 0.